The van der Waals surface area contributed by atoms with E-state index in [0.717, 1.165) is 11.1 Å². The Morgan fingerprint density at radius 2 is 1.77 bits per heavy atom. The number of carbonyl (C=O) groups excluding carboxylic acids is 1. The average Bonchev–Trinajstić information content (AvgIpc) is 2.78. The molecule has 1 atom stereocenters. The van der Waals surface area contributed by atoms with Crippen LogP contribution in [0.4, 0.5) is 4.39 Å². The maximum atomic E-state index is 13.2. The van der Waals surface area contributed by atoms with E-state index in [1.54, 1.807) is 12.1 Å². The van der Waals surface area contributed by atoms with Gasteiger partial charge in [-0.1, -0.05) is 29.8 Å². The van der Waals surface area contributed by atoms with Gasteiger partial charge >= 0.3 is 0 Å². The zero-order chi connectivity index (χ0) is 25.6. The number of nitrogens with one attached hydrogen (secondary N) is 2. The van der Waals surface area contributed by atoms with Gasteiger partial charge in [0, 0.05) is 35.3 Å². The Morgan fingerprint density at radius 1 is 1.06 bits per heavy atom. The molecule has 0 fully saturated rings. The van der Waals surface area contributed by atoms with Crippen molar-refractivity contribution in [2.24, 2.45) is 0 Å². The quantitative estimate of drug-likeness (QED) is 0.282. The van der Waals surface area contributed by atoms with Crippen LogP contribution in [0.3, 0.4) is 0 Å². The van der Waals surface area contributed by atoms with Crippen LogP contribution < -0.4 is 10.6 Å². The van der Waals surface area contributed by atoms with E-state index in [1.165, 1.54) is 30.3 Å². The Morgan fingerprint density at radius 3 is 2.46 bits per heavy atom. The topological polar surface area (TPSA) is 102 Å². The summed E-state index contributed by atoms with van der Waals surface area (Å²) in [6.45, 7) is 4.55. The third kappa shape index (κ3) is 7.96. The Hall–Kier alpha value is -3.13. The van der Waals surface area contributed by atoms with E-state index in [4.69, 9.17) is 11.6 Å². The number of carbonyl (C=O) groups is 1. The second kappa shape index (κ2) is 11.5. The monoisotopic (exact) mass is 500 g/mol. The van der Waals surface area contributed by atoms with Gasteiger partial charge in [0.1, 0.15) is 17.3 Å². The number of amides is 1. The van der Waals surface area contributed by atoms with Crippen molar-refractivity contribution in [2.75, 3.05) is 13.1 Å². The predicted molar refractivity (Wildman–Crippen MR) is 134 cm³/mol. The van der Waals surface area contributed by atoms with Gasteiger partial charge in [0.2, 0.25) is 0 Å². The molecule has 6 nitrogen and oxygen atoms in total. The Labute approximate surface area is 209 Å². The first-order valence-corrected chi connectivity index (χ1v) is 11.7. The van der Waals surface area contributed by atoms with Crippen molar-refractivity contribution >= 4 is 17.5 Å². The summed E-state index contributed by atoms with van der Waals surface area (Å²) in [5.41, 5.74) is 2.23. The lowest BCUT2D eigenvalue weighted by Crippen LogP contribution is -2.43. The van der Waals surface area contributed by atoms with Crippen molar-refractivity contribution in [1.29, 1.82) is 0 Å². The molecule has 186 valence electrons. The zero-order valence-electron chi connectivity index (χ0n) is 19.7. The van der Waals surface area contributed by atoms with E-state index >= 15 is 0 Å². The molecule has 0 aliphatic carbocycles. The molecular formula is C27H30ClFN2O4. The van der Waals surface area contributed by atoms with E-state index in [2.05, 4.69) is 10.6 Å². The molecule has 0 saturated heterocycles. The van der Waals surface area contributed by atoms with Crippen LogP contribution in [-0.4, -0.2) is 39.9 Å². The molecule has 0 spiro atoms. The highest BCUT2D eigenvalue weighted by molar-refractivity contribution is 6.31. The van der Waals surface area contributed by atoms with Gasteiger partial charge in [-0.3, -0.25) is 4.79 Å². The smallest absolute Gasteiger partial charge is 0.251 e. The number of rotatable bonds is 10. The largest absolute Gasteiger partial charge is 0.508 e. The Balaban J connectivity index is 1.54. The third-order valence-corrected chi connectivity index (χ3v) is 5.97. The highest BCUT2D eigenvalue weighted by Gasteiger charge is 2.21. The van der Waals surface area contributed by atoms with Crippen molar-refractivity contribution in [1.82, 2.24) is 10.6 Å². The molecule has 0 radical (unpaired) electrons. The van der Waals surface area contributed by atoms with Crippen LogP contribution in [0.5, 0.6) is 11.5 Å². The van der Waals surface area contributed by atoms with Gasteiger partial charge < -0.3 is 26.0 Å². The van der Waals surface area contributed by atoms with Crippen molar-refractivity contribution in [3.05, 3.63) is 93.8 Å². The van der Waals surface area contributed by atoms with E-state index in [0.29, 0.717) is 35.5 Å². The number of hydrogen-bond donors (Lipinski definition) is 5. The lowest BCUT2D eigenvalue weighted by Gasteiger charge is -2.28. The number of benzene rings is 3. The molecule has 1 amide bonds. The predicted octanol–water partition coefficient (Wildman–Crippen LogP) is 4.51. The second-order valence-corrected chi connectivity index (χ2v) is 9.59. The fourth-order valence-electron chi connectivity index (χ4n) is 3.83. The van der Waals surface area contributed by atoms with Gasteiger partial charge in [-0.25, -0.2) is 4.39 Å². The summed E-state index contributed by atoms with van der Waals surface area (Å²) >= 11 is 6.04. The summed E-state index contributed by atoms with van der Waals surface area (Å²) in [6.07, 6.45) is 0.164. The van der Waals surface area contributed by atoms with Gasteiger partial charge in [0.25, 0.3) is 5.91 Å². The van der Waals surface area contributed by atoms with Crippen molar-refractivity contribution in [2.45, 2.75) is 38.3 Å². The molecule has 0 saturated carbocycles. The average molecular weight is 501 g/mol. The minimum atomic E-state index is -0.918. The van der Waals surface area contributed by atoms with E-state index in [9.17, 15) is 24.5 Å². The number of aliphatic hydroxyl groups is 1. The van der Waals surface area contributed by atoms with Gasteiger partial charge in [-0.2, -0.15) is 0 Å². The SMILES string of the molecule is CC(C)(Cc1cccc(C(=O)NCCc2ccc(F)cc2Cl)c1)NC[C@H](O)c1cc(O)cc(O)c1. The van der Waals surface area contributed by atoms with Crippen LogP contribution in [0.1, 0.15) is 47.0 Å². The summed E-state index contributed by atoms with van der Waals surface area (Å²) < 4.78 is 13.2. The first-order valence-electron chi connectivity index (χ1n) is 11.3. The van der Waals surface area contributed by atoms with E-state index in [-0.39, 0.29) is 24.0 Å². The normalized spacial score (nSPS) is 12.4. The number of halogens is 2. The van der Waals surface area contributed by atoms with Gasteiger partial charge in [0.15, 0.2) is 0 Å². The third-order valence-electron chi connectivity index (χ3n) is 5.61. The minimum Gasteiger partial charge on any atom is -0.508 e. The van der Waals surface area contributed by atoms with Crippen LogP contribution in [0, 0.1) is 5.82 Å². The summed E-state index contributed by atoms with van der Waals surface area (Å²) in [5.74, 6) is -0.844. The first kappa shape index (κ1) is 26.5. The number of β-amino-alcohol motifs (C(OH)–C–C–N with tert-alkyl or cyclic N) is 1. The van der Waals surface area contributed by atoms with Gasteiger partial charge in [0.05, 0.1) is 6.10 Å². The van der Waals surface area contributed by atoms with Crippen LogP contribution in [-0.2, 0) is 12.8 Å². The Kier molecular flexibility index (Phi) is 8.72. The molecule has 35 heavy (non-hydrogen) atoms. The summed E-state index contributed by atoms with van der Waals surface area (Å²) in [5, 5.41) is 36.2. The highest BCUT2D eigenvalue weighted by atomic mass is 35.5. The molecule has 0 unspecified atom stereocenters. The maximum Gasteiger partial charge on any atom is 0.251 e. The lowest BCUT2D eigenvalue weighted by atomic mass is 9.93. The molecule has 5 N–H and O–H groups in total. The fraction of sp³-hybridized carbons (Fsp3) is 0.296. The van der Waals surface area contributed by atoms with Crippen molar-refractivity contribution in [3.63, 3.8) is 0 Å². The molecule has 0 aliphatic heterocycles. The van der Waals surface area contributed by atoms with Crippen LogP contribution in [0.15, 0.2) is 60.7 Å². The number of phenols is 2. The maximum absolute atomic E-state index is 13.2. The fourth-order valence-corrected chi connectivity index (χ4v) is 4.10. The molecule has 0 heterocycles. The van der Waals surface area contributed by atoms with Crippen LogP contribution in [0.25, 0.3) is 0 Å². The summed E-state index contributed by atoms with van der Waals surface area (Å²) in [6, 6.07) is 15.5. The molecule has 0 bridgehead atoms. The van der Waals surface area contributed by atoms with Crippen molar-refractivity contribution in [3.8, 4) is 11.5 Å². The van der Waals surface area contributed by atoms with E-state index < -0.39 is 17.5 Å². The number of aromatic hydroxyl groups is 2. The van der Waals surface area contributed by atoms with Gasteiger partial charge in [-0.05, 0) is 79.8 Å². The number of aliphatic hydroxyl groups excluding tert-OH is 1. The van der Waals surface area contributed by atoms with Crippen molar-refractivity contribution < 1.29 is 24.5 Å². The number of phenolic OH excluding ortho intramolecular Hbond substituents is 2. The molecule has 0 aromatic heterocycles. The van der Waals surface area contributed by atoms with Gasteiger partial charge in [-0.15, -0.1) is 0 Å². The molecule has 8 heteroatoms. The minimum absolute atomic E-state index is 0.117. The Bertz CT molecular complexity index is 1170. The second-order valence-electron chi connectivity index (χ2n) is 9.18. The summed E-state index contributed by atoms with van der Waals surface area (Å²) in [4.78, 5) is 12.6. The molecule has 3 aromatic rings. The first-order chi connectivity index (χ1) is 16.5. The molecule has 3 rings (SSSR count). The standard InChI is InChI=1S/C27H30ClFN2O4/c1-27(2,31-16-25(34)20-11-22(32)14-23(33)12-20)15-17-4-3-5-19(10-17)26(35)30-9-8-18-6-7-21(29)13-24(18)28/h3-7,10-14,25,31-34H,8-9,15-16H2,1-2H3,(H,30,35)/t25-/m0/s1. The summed E-state index contributed by atoms with van der Waals surface area (Å²) in [7, 11) is 0. The molecule has 3 aromatic carbocycles. The van der Waals surface area contributed by atoms with E-state index in [1.807, 2.05) is 32.0 Å². The lowest BCUT2D eigenvalue weighted by molar-refractivity contribution is 0.0954. The zero-order valence-corrected chi connectivity index (χ0v) is 20.4. The number of hydrogen-bond acceptors (Lipinski definition) is 5. The molecule has 0 aliphatic rings. The van der Waals surface area contributed by atoms with Crippen LogP contribution >= 0.6 is 11.6 Å². The highest BCUT2D eigenvalue weighted by Crippen LogP contribution is 2.25. The van der Waals surface area contributed by atoms with Crippen LogP contribution in [0.2, 0.25) is 5.02 Å². The molecular weight excluding hydrogens is 471 g/mol.